The van der Waals surface area contributed by atoms with Crippen LogP contribution < -0.4 is 4.74 Å². The van der Waals surface area contributed by atoms with E-state index in [1.165, 1.54) is 5.56 Å². The van der Waals surface area contributed by atoms with Crippen LogP contribution >= 0.6 is 0 Å². The van der Waals surface area contributed by atoms with E-state index >= 15 is 0 Å². The number of H-pyrrole nitrogens is 1. The van der Waals surface area contributed by atoms with Crippen LogP contribution in [0.4, 0.5) is 0 Å². The molecule has 2 heterocycles. The van der Waals surface area contributed by atoms with Gasteiger partial charge in [0.15, 0.2) is 5.82 Å². The summed E-state index contributed by atoms with van der Waals surface area (Å²) < 4.78 is 10.6. The second-order valence-corrected chi connectivity index (χ2v) is 5.61. The normalized spacial score (nSPS) is 11.0. The highest BCUT2D eigenvalue weighted by Crippen LogP contribution is 2.27. The van der Waals surface area contributed by atoms with Crippen LogP contribution in [0.15, 0.2) is 59.3 Å². The van der Waals surface area contributed by atoms with Gasteiger partial charge in [-0.25, -0.2) is 0 Å². The van der Waals surface area contributed by atoms with Crippen LogP contribution in [0.1, 0.15) is 11.4 Å². The second kappa shape index (κ2) is 6.20. The zero-order valence-corrected chi connectivity index (χ0v) is 13.3. The monoisotopic (exact) mass is 319 g/mol. The molecule has 2 aromatic carbocycles. The fourth-order valence-corrected chi connectivity index (χ4v) is 2.76. The van der Waals surface area contributed by atoms with Gasteiger partial charge in [-0.15, -0.1) is 0 Å². The van der Waals surface area contributed by atoms with E-state index in [9.17, 15) is 0 Å². The van der Waals surface area contributed by atoms with Crippen molar-refractivity contribution in [3.63, 3.8) is 0 Å². The number of methoxy groups -OCH3 is 1. The lowest BCUT2D eigenvalue weighted by molar-refractivity contribution is 0.414. The fourth-order valence-electron chi connectivity index (χ4n) is 2.76. The third-order valence-corrected chi connectivity index (χ3v) is 4.08. The van der Waals surface area contributed by atoms with Gasteiger partial charge in [0.2, 0.25) is 0 Å². The molecule has 0 fully saturated rings. The van der Waals surface area contributed by atoms with Crippen molar-refractivity contribution in [3.05, 3.63) is 66.1 Å². The number of aromatic nitrogens is 3. The number of nitrogens with zero attached hydrogens (tertiary/aromatic N) is 2. The molecular formula is C19H17N3O2. The van der Waals surface area contributed by atoms with Gasteiger partial charge in [-0.2, -0.15) is 4.98 Å². The number of para-hydroxylation sites is 1. The summed E-state index contributed by atoms with van der Waals surface area (Å²) in [5.41, 5.74) is 3.22. The number of aromatic amines is 1. The van der Waals surface area contributed by atoms with E-state index in [2.05, 4.69) is 27.3 Å². The molecule has 0 aliphatic rings. The van der Waals surface area contributed by atoms with Crippen LogP contribution in [0.25, 0.3) is 22.4 Å². The highest BCUT2D eigenvalue weighted by Gasteiger charge is 2.13. The van der Waals surface area contributed by atoms with E-state index < -0.39 is 0 Å². The summed E-state index contributed by atoms with van der Waals surface area (Å²) in [5, 5.41) is 5.19. The molecule has 120 valence electrons. The molecule has 0 bridgehead atoms. The molecule has 24 heavy (non-hydrogen) atoms. The molecule has 5 nitrogen and oxygen atoms in total. The molecule has 0 amide bonds. The lowest BCUT2D eigenvalue weighted by atomic mass is 10.1. The summed E-state index contributed by atoms with van der Waals surface area (Å²) in [6, 6.07) is 16.1. The van der Waals surface area contributed by atoms with Crippen LogP contribution in [-0.2, 0) is 12.8 Å². The lowest BCUT2D eigenvalue weighted by Gasteiger charge is -2.01. The third kappa shape index (κ3) is 2.76. The molecule has 0 saturated carbocycles. The molecule has 5 heteroatoms. The predicted molar refractivity (Wildman–Crippen MR) is 92.0 cm³/mol. The highest BCUT2D eigenvalue weighted by atomic mass is 16.5. The molecule has 0 atom stereocenters. The van der Waals surface area contributed by atoms with Crippen molar-refractivity contribution in [1.29, 1.82) is 0 Å². The summed E-state index contributed by atoms with van der Waals surface area (Å²) in [7, 11) is 1.67. The minimum atomic E-state index is 0.553. The van der Waals surface area contributed by atoms with E-state index in [-0.39, 0.29) is 0 Å². The molecule has 4 aromatic rings. The first-order valence-corrected chi connectivity index (χ1v) is 7.85. The van der Waals surface area contributed by atoms with E-state index in [4.69, 9.17) is 9.26 Å². The van der Waals surface area contributed by atoms with Gasteiger partial charge in [-0.3, -0.25) is 0 Å². The Labute approximate surface area is 139 Å². The van der Waals surface area contributed by atoms with E-state index in [0.29, 0.717) is 11.7 Å². The molecule has 0 radical (unpaired) electrons. The van der Waals surface area contributed by atoms with Crippen molar-refractivity contribution in [2.45, 2.75) is 12.8 Å². The Morgan fingerprint density at radius 2 is 1.88 bits per heavy atom. The Bertz CT molecular complexity index is 954. The van der Waals surface area contributed by atoms with Crippen molar-refractivity contribution in [2.75, 3.05) is 7.11 Å². The Balaban J connectivity index is 1.50. The van der Waals surface area contributed by atoms with Crippen molar-refractivity contribution in [3.8, 4) is 17.2 Å². The first kappa shape index (κ1) is 14.5. The maximum atomic E-state index is 5.44. The number of fused-ring (bicyclic) bond motifs is 1. The van der Waals surface area contributed by atoms with Gasteiger partial charge >= 0.3 is 0 Å². The predicted octanol–water partition coefficient (Wildman–Crippen LogP) is 4.01. The SMILES string of the molecule is COc1ccc(CCc2noc(-c3c[nH]c4ccccc34)n2)cc1. The Morgan fingerprint density at radius 3 is 2.71 bits per heavy atom. The van der Waals surface area contributed by atoms with E-state index in [1.807, 2.05) is 42.6 Å². The van der Waals surface area contributed by atoms with Crippen molar-refractivity contribution in [2.24, 2.45) is 0 Å². The Kier molecular flexibility index (Phi) is 3.75. The standard InChI is InChI=1S/C19H17N3O2/c1-23-14-9-6-13(7-10-14)8-11-18-21-19(24-22-18)16-12-20-17-5-3-2-4-15(16)17/h2-7,9-10,12,20H,8,11H2,1H3. The molecule has 0 aliphatic carbocycles. The van der Waals surface area contributed by atoms with E-state index in [0.717, 1.165) is 35.1 Å². The molecule has 0 saturated heterocycles. The number of hydrogen-bond acceptors (Lipinski definition) is 4. The molecule has 2 aromatic heterocycles. The van der Waals surface area contributed by atoms with Crippen LogP contribution in [0.3, 0.4) is 0 Å². The van der Waals surface area contributed by atoms with Gasteiger partial charge < -0.3 is 14.2 Å². The first-order chi connectivity index (χ1) is 11.8. The summed E-state index contributed by atoms with van der Waals surface area (Å²) in [6.07, 6.45) is 3.50. The van der Waals surface area contributed by atoms with Gasteiger partial charge in [0.1, 0.15) is 5.75 Å². The maximum absolute atomic E-state index is 5.44. The molecule has 0 spiro atoms. The Morgan fingerprint density at radius 1 is 1.04 bits per heavy atom. The van der Waals surface area contributed by atoms with Crippen LogP contribution in [-0.4, -0.2) is 22.2 Å². The van der Waals surface area contributed by atoms with Gasteiger partial charge in [-0.05, 0) is 30.2 Å². The summed E-state index contributed by atoms with van der Waals surface area (Å²) >= 11 is 0. The summed E-state index contributed by atoms with van der Waals surface area (Å²) in [5.74, 6) is 2.13. The smallest absolute Gasteiger partial charge is 0.260 e. The average molecular weight is 319 g/mol. The number of nitrogens with one attached hydrogen (secondary N) is 1. The first-order valence-electron chi connectivity index (χ1n) is 7.85. The molecule has 4 rings (SSSR count). The van der Waals surface area contributed by atoms with Gasteiger partial charge in [0, 0.05) is 23.5 Å². The topological polar surface area (TPSA) is 63.9 Å². The van der Waals surface area contributed by atoms with Gasteiger partial charge in [0.25, 0.3) is 5.89 Å². The number of ether oxygens (including phenoxy) is 1. The maximum Gasteiger partial charge on any atom is 0.260 e. The number of benzene rings is 2. The van der Waals surface area contributed by atoms with E-state index in [1.54, 1.807) is 7.11 Å². The molecule has 0 aliphatic heterocycles. The highest BCUT2D eigenvalue weighted by molar-refractivity contribution is 5.93. The Hall–Kier alpha value is -3.08. The van der Waals surface area contributed by atoms with Gasteiger partial charge in [-0.1, -0.05) is 35.5 Å². The summed E-state index contributed by atoms with van der Waals surface area (Å²) in [6.45, 7) is 0. The number of rotatable bonds is 5. The second-order valence-electron chi connectivity index (χ2n) is 5.61. The summed E-state index contributed by atoms with van der Waals surface area (Å²) in [4.78, 5) is 7.75. The largest absolute Gasteiger partial charge is 0.497 e. The molecule has 1 N–H and O–H groups in total. The fraction of sp³-hybridized carbons (Fsp3) is 0.158. The molecular weight excluding hydrogens is 302 g/mol. The zero-order valence-electron chi connectivity index (χ0n) is 13.3. The lowest BCUT2D eigenvalue weighted by Crippen LogP contribution is -1.93. The van der Waals surface area contributed by atoms with Crippen molar-refractivity contribution < 1.29 is 9.26 Å². The molecule has 0 unspecified atom stereocenters. The average Bonchev–Trinajstić information content (AvgIpc) is 3.27. The van der Waals surface area contributed by atoms with Crippen molar-refractivity contribution >= 4 is 10.9 Å². The van der Waals surface area contributed by atoms with Crippen LogP contribution in [0.5, 0.6) is 5.75 Å². The van der Waals surface area contributed by atoms with Crippen LogP contribution in [0, 0.1) is 0 Å². The van der Waals surface area contributed by atoms with Crippen molar-refractivity contribution in [1.82, 2.24) is 15.1 Å². The van der Waals surface area contributed by atoms with Gasteiger partial charge in [0.05, 0.1) is 12.7 Å². The van der Waals surface area contributed by atoms with Crippen LogP contribution in [0.2, 0.25) is 0 Å². The third-order valence-electron chi connectivity index (χ3n) is 4.08. The number of hydrogen-bond donors (Lipinski definition) is 1. The quantitative estimate of drug-likeness (QED) is 0.603. The minimum Gasteiger partial charge on any atom is -0.497 e. The number of aryl methyl sites for hydroxylation is 2. The minimum absolute atomic E-state index is 0.553. The zero-order chi connectivity index (χ0) is 16.4.